The van der Waals surface area contributed by atoms with Crippen molar-refractivity contribution in [3.8, 4) is 0 Å². The molecule has 2 aliphatic heterocycles. The number of hydrogen-bond donors (Lipinski definition) is 1. The number of nitrogens with zero attached hydrogens (tertiary/aromatic N) is 5. The third-order valence-electron chi connectivity index (χ3n) is 5.59. The van der Waals surface area contributed by atoms with Gasteiger partial charge in [-0.05, 0) is 38.4 Å². The lowest BCUT2D eigenvalue weighted by molar-refractivity contribution is -0.137. The molecule has 28 heavy (non-hydrogen) atoms. The average molecular weight is 384 g/mol. The molecule has 2 aromatic heterocycles. The molecular formula is C20H28N6O2. The molecule has 4 heterocycles. The lowest BCUT2D eigenvalue weighted by Crippen LogP contribution is -2.52. The molecule has 0 bridgehead atoms. The van der Waals surface area contributed by atoms with Crippen LogP contribution in [0.2, 0.25) is 0 Å². The molecule has 8 nitrogen and oxygen atoms in total. The van der Waals surface area contributed by atoms with Gasteiger partial charge in [-0.3, -0.25) is 9.69 Å². The molecule has 0 aromatic carbocycles. The highest BCUT2D eigenvalue weighted by Gasteiger charge is 2.31. The summed E-state index contributed by atoms with van der Waals surface area (Å²) in [7, 11) is 0. The van der Waals surface area contributed by atoms with E-state index in [1.54, 1.807) is 6.26 Å². The quantitative estimate of drug-likeness (QED) is 0.854. The van der Waals surface area contributed by atoms with Gasteiger partial charge in [-0.15, -0.1) is 0 Å². The maximum absolute atomic E-state index is 13.1. The Kier molecular flexibility index (Phi) is 5.47. The van der Waals surface area contributed by atoms with E-state index in [1.165, 1.54) is 0 Å². The van der Waals surface area contributed by atoms with Crippen molar-refractivity contribution in [2.75, 3.05) is 49.9 Å². The second-order valence-electron chi connectivity index (χ2n) is 7.69. The molecule has 2 fully saturated rings. The summed E-state index contributed by atoms with van der Waals surface area (Å²) >= 11 is 0. The average Bonchev–Trinajstić information content (AvgIpc) is 3.20. The Morgan fingerprint density at radius 3 is 2.79 bits per heavy atom. The van der Waals surface area contributed by atoms with Gasteiger partial charge in [0.2, 0.25) is 11.9 Å². The van der Waals surface area contributed by atoms with E-state index in [0.29, 0.717) is 5.95 Å². The van der Waals surface area contributed by atoms with Crippen LogP contribution in [-0.2, 0) is 11.3 Å². The Balaban J connectivity index is 1.32. The van der Waals surface area contributed by atoms with Gasteiger partial charge in [-0.25, -0.2) is 4.98 Å². The molecule has 2 aromatic rings. The van der Waals surface area contributed by atoms with Crippen LogP contribution in [-0.4, -0.2) is 64.9 Å². The number of rotatable bonds is 4. The molecule has 1 amide bonds. The van der Waals surface area contributed by atoms with Crippen LogP contribution in [0.25, 0.3) is 0 Å². The number of piperidine rings is 1. The highest BCUT2D eigenvalue weighted by Crippen LogP contribution is 2.22. The van der Waals surface area contributed by atoms with Gasteiger partial charge in [0.25, 0.3) is 0 Å². The molecule has 0 aliphatic carbocycles. The molecule has 0 saturated carbocycles. The van der Waals surface area contributed by atoms with Crippen LogP contribution in [0.4, 0.5) is 11.8 Å². The van der Waals surface area contributed by atoms with E-state index in [0.717, 1.165) is 75.9 Å². The van der Waals surface area contributed by atoms with Crippen molar-refractivity contribution in [1.82, 2.24) is 19.8 Å². The molecule has 0 radical (unpaired) electrons. The molecule has 1 atom stereocenters. The molecule has 2 N–H and O–H groups in total. The predicted molar refractivity (Wildman–Crippen MR) is 107 cm³/mol. The minimum Gasteiger partial charge on any atom is -0.468 e. The predicted octanol–water partition coefficient (Wildman–Crippen LogP) is 1.52. The maximum Gasteiger partial charge on any atom is 0.227 e. The Bertz CT molecular complexity index is 781. The second-order valence-corrected chi connectivity index (χ2v) is 7.69. The van der Waals surface area contributed by atoms with Gasteiger partial charge in [0, 0.05) is 44.5 Å². The number of nitrogen functional groups attached to an aromatic ring is 1. The Labute approximate surface area is 165 Å². The van der Waals surface area contributed by atoms with Crippen molar-refractivity contribution in [1.29, 1.82) is 0 Å². The molecule has 2 aliphatic rings. The van der Waals surface area contributed by atoms with Crippen molar-refractivity contribution in [3.05, 3.63) is 35.9 Å². The van der Waals surface area contributed by atoms with Crippen LogP contribution in [0.1, 0.15) is 24.3 Å². The van der Waals surface area contributed by atoms with Crippen molar-refractivity contribution in [2.45, 2.75) is 26.3 Å². The van der Waals surface area contributed by atoms with Crippen LogP contribution in [0.5, 0.6) is 0 Å². The Morgan fingerprint density at radius 1 is 1.25 bits per heavy atom. The van der Waals surface area contributed by atoms with E-state index in [2.05, 4.69) is 19.8 Å². The summed E-state index contributed by atoms with van der Waals surface area (Å²) in [5, 5.41) is 0. The number of nitrogens with two attached hydrogens (primary N) is 1. The first-order valence-electron chi connectivity index (χ1n) is 9.98. The molecule has 4 rings (SSSR count). The van der Waals surface area contributed by atoms with Crippen LogP contribution < -0.4 is 10.6 Å². The molecule has 150 valence electrons. The molecule has 2 saturated heterocycles. The van der Waals surface area contributed by atoms with E-state index < -0.39 is 0 Å². The second kappa shape index (κ2) is 8.18. The first kappa shape index (κ1) is 18.7. The fourth-order valence-corrected chi connectivity index (χ4v) is 4.17. The van der Waals surface area contributed by atoms with Gasteiger partial charge in [0.1, 0.15) is 11.6 Å². The van der Waals surface area contributed by atoms with Gasteiger partial charge < -0.3 is 20.0 Å². The summed E-state index contributed by atoms with van der Waals surface area (Å²) in [6.45, 7) is 7.49. The number of aromatic nitrogens is 2. The van der Waals surface area contributed by atoms with E-state index in [1.807, 2.05) is 30.0 Å². The van der Waals surface area contributed by atoms with E-state index in [9.17, 15) is 4.79 Å². The highest BCUT2D eigenvalue weighted by atomic mass is 16.3. The number of furan rings is 1. The summed E-state index contributed by atoms with van der Waals surface area (Å²) in [6.07, 6.45) is 3.72. The number of hydrogen-bond acceptors (Lipinski definition) is 7. The smallest absolute Gasteiger partial charge is 0.227 e. The van der Waals surface area contributed by atoms with Crippen molar-refractivity contribution in [2.24, 2.45) is 5.92 Å². The minimum atomic E-state index is 0.0761. The standard InChI is InChI=1S/C20H28N6O2/c1-15-12-18(23-20(21)22-15)25-7-9-26(10-8-25)19(27)16-4-2-6-24(13-16)14-17-5-3-11-28-17/h3,5,11-12,16H,2,4,6-10,13-14H2,1H3,(H2,21,22,23)/t16-/m0/s1. The first-order chi connectivity index (χ1) is 13.6. The van der Waals surface area contributed by atoms with Gasteiger partial charge in [-0.1, -0.05) is 0 Å². The highest BCUT2D eigenvalue weighted by molar-refractivity contribution is 5.79. The van der Waals surface area contributed by atoms with Crippen LogP contribution >= 0.6 is 0 Å². The van der Waals surface area contributed by atoms with Crippen molar-refractivity contribution < 1.29 is 9.21 Å². The minimum absolute atomic E-state index is 0.0761. The van der Waals surface area contributed by atoms with E-state index in [4.69, 9.17) is 10.2 Å². The summed E-state index contributed by atoms with van der Waals surface area (Å²) in [5.41, 5.74) is 6.64. The van der Waals surface area contributed by atoms with E-state index in [-0.39, 0.29) is 11.8 Å². The Hall–Kier alpha value is -2.61. The number of aryl methyl sites for hydroxylation is 1. The first-order valence-corrected chi connectivity index (χ1v) is 9.98. The topological polar surface area (TPSA) is 91.7 Å². The number of likely N-dealkylation sites (tertiary alicyclic amines) is 1. The zero-order valence-corrected chi connectivity index (χ0v) is 16.4. The summed E-state index contributed by atoms with van der Waals surface area (Å²) < 4.78 is 5.46. The summed E-state index contributed by atoms with van der Waals surface area (Å²) in [5.74, 6) is 2.46. The van der Waals surface area contributed by atoms with Gasteiger partial charge in [0.05, 0.1) is 18.7 Å². The third kappa shape index (κ3) is 4.27. The van der Waals surface area contributed by atoms with Crippen LogP contribution in [0, 0.1) is 12.8 Å². The fourth-order valence-electron chi connectivity index (χ4n) is 4.17. The van der Waals surface area contributed by atoms with E-state index >= 15 is 0 Å². The van der Waals surface area contributed by atoms with Crippen LogP contribution in [0.3, 0.4) is 0 Å². The Morgan fingerprint density at radius 2 is 2.07 bits per heavy atom. The van der Waals surface area contributed by atoms with Crippen molar-refractivity contribution in [3.63, 3.8) is 0 Å². The van der Waals surface area contributed by atoms with Gasteiger partial charge >= 0.3 is 0 Å². The monoisotopic (exact) mass is 384 g/mol. The SMILES string of the molecule is Cc1cc(N2CCN(C(=O)[C@H]3CCCN(Cc4ccco4)C3)CC2)nc(N)n1. The summed E-state index contributed by atoms with van der Waals surface area (Å²) in [6, 6.07) is 5.85. The van der Waals surface area contributed by atoms with Gasteiger partial charge in [0.15, 0.2) is 0 Å². The maximum atomic E-state index is 13.1. The molecular weight excluding hydrogens is 356 g/mol. The zero-order valence-electron chi connectivity index (χ0n) is 16.4. The number of anilines is 2. The molecule has 0 unspecified atom stereocenters. The molecule has 8 heteroatoms. The zero-order chi connectivity index (χ0) is 19.5. The van der Waals surface area contributed by atoms with Gasteiger partial charge in [-0.2, -0.15) is 4.98 Å². The lowest BCUT2D eigenvalue weighted by Gasteiger charge is -2.39. The summed E-state index contributed by atoms with van der Waals surface area (Å²) in [4.78, 5) is 28.0. The van der Waals surface area contributed by atoms with Crippen molar-refractivity contribution >= 4 is 17.7 Å². The number of carbonyl (C=O) groups excluding carboxylic acids is 1. The number of piperazine rings is 1. The third-order valence-corrected chi connectivity index (χ3v) is 5.59. The number of amides is 1. The number of carbonyl (C=O) groups is 1. The fraction of sp³-hybridized carbons (Fsp3) is 0.550. The largest absolute Gasteiger partial charge is 0.468 e. The lowest BCUT2D eigenvalue weighted by atomic mass is 9.96. The van der Waals surface area contributed by atoms with Crippen LogP contribution in [0.15, 0.2) is 28.9 Å². The molecule has 0 spiro atoms. The normalized spacial score (nSPS) is 21.1.